The van der Waals surface area contributed by atoms with Gasteiger partial charge >= 0.3 is 52.5 Å². The van der Waals surface area contributed by atoms with Crippen LogP contribution in [0, 0.1) is 43.5 Å². The van der Waals surface area contributed by atoms with Crippen molar-refractivity contribution in [1.29, 1.82) is 0 Å². The second-order valence-corrected chi connectivity index (χ2v) is 17.1. The summed E-state index contributed by atoms with van der Waals surface area (Å²) in [6.07, 6.45) is 3.63. The maximum Gasteiger partial charge on any atom is 1.00 e. The first-order valence-electron chi connectivity index (χ1n) is 20.5. The molecule has 0 spiro atoms. The molecule has 6 aromatic rings. The summed E-state index contributed by atoms with van der Waals surface area (Å²) in [6.45, 7) is 6.79. The van der Waals surface area contributed by atoms with Crippen molar-refractivity contribution in [1.82, 2.24) is 48.8 Å². The van der Waals surface area contributed by atoms with E-state index < -0.39 is 50.1 Å². The number of rotatable bonds is 12. The van der Waals surface area contributed by atoms with Gasteiger partial charge in [-0.1, -0.05) is 7.43 Å². The number of fused-ring (bicyclic) bond motifs is 3. The van der Waals surface area contributed by atoms with Gasteiger partial charge in [-0.15, -0.1) is 0 Å². The number of halogens is 5. The second kappa shape index (κ2) is 23.6. The van der Waals surface area contributed by atoms with Crippen LogP contribution in [0.3, 0.4) is 0 Å². The van der Waals surface area contributed by atoms with E-state index in [9.17, 15) is 42.9 Å². The first-order chi connectivity index (χ1) is 31.8. The standard InChI is InChI=1S/C21H21ClF2N6O4.C21H20F2N6O4.CH4.Na.2H2S.H/c1-21(31,11-29-9-17(30(32)33)26-20(29)22)10-28-4-3-16-15(8-28)19(34-2)27-18(25-16)12-5-13(23)7-14(24)6-12;1-21(11-28-9-17(29(30)31)25-20(28)33-21)10-27-4-3-16-15(8-27)19(32-2)26-18(24-16)12-5-13(22)7-14(23)6-12;;;;;/h5-7,9,31H,3-4,8,10-11H2,1-2H3;5-7,9H,3-4,8,10-11H2,1-2H3;1H4;;2*1H2;/q;;;+1;;;-1/t2*21-;;;;;/m00...../s1. The Morgan fingerprint density at radius 1 is 0.775 bits per heavy atom. The molecule has 1 N–H and O–H groups in total. The van der Waals surface area contributed by atoms with Crippen molar-refractivity contribution in [2.75, 3.05) is 40.4 Å². The number of ether oxygens (including phenoxy) is 3. The van der Waals surface area contributed by atoms with Gasteiger partial charge in [-0.25, -0.2) is 27.5 Å². The molecule has 0 saturated carbocycles. The second-order valence-electron chi connectivity index (χ2n) is 16.8. The molecule has 71 heavy (non-hydrogen) atoms. The van der Waals surface area contributed by atoms with E-state index in [1.165, 1.54) is 43.3 Å². The monoisotopic (exact) mass is 1060 g/mol. The Kier molecular flexibility index (Phi) is 19.4. The maximum atomic E-state index is 13.7. The number of hydrogen-bond donors (Lipinski definition) is 1. The van der Waals surface area contributed by atoms with Gasteiger partial charge in [-0.3, -0.25) is 18.9 Å². The van der Waals surface area contributed by atoms with Crippen LogP contribution in [0.1, 0.15) is 45.2 Å². The largest absolute Gasteiger partial charge is 1.00 e. The molecule has 0 aliphatic carbocycles. The van der Waals surface area contributed by atoms with Crippen LogP contribution in [-0.2, 0) is 39.0 Å². The van der Waals surface area contributed by atoms with Crippen molar-refractivity contribution in [2.24, 2.45) is 0 Å². The molecule has 3 aliphatic heterocycles. The summed E-state index contributed by atoms with van der Waals surface area (Å²) < 4.78 is 74.5. The average molecular weight is 1060 g/mol. The molecule has 0 fully saturated rings. The molecule has 0 unspecified atom stereocenters. The van der Waals surface area contributed by atoms with Gasteiger partial charge in [-0.05, 0) is 64.5 Å². The van der Waals surface area contributed by atoms with Crippen LogP contribution in [-0.4, -0.2) is 115 Å². The number of nitro groups is 2. The first-order valence-corrected chi connectivity index (χ1v) is 20.9. The minimum Gasteiger partial charge on any atom is -1.00 e. The average Bonchev–Trinajstić information content (AvgIpc) is 3.92. The van der Waals surface area contributed by atoms with E-state index >= 15 is 0 Å². The Labute approximate surface area is 446 Å². The van der Waals surface area contributed by atoms with Gasteiger partial charge in [0.25, 0.3) is 0 Å². The molecule has 378 valence electrons. The number of hydrogen-bond acceptors (Lipinski definition) is 16. The first kappa shape index (κ1) is 58.4. The Morgan fingerprint density at radius 2 is 1.24 bits per heavy atom. The minimum absolute atomic E-state index is 0. The van der Waals surface area contributed by atoms with E-state index in [2.05, 4.69) is 34.8 Å². The Morgan fingerprint density at radius 3 is 1.69 bits per heavy atom. The minimum atomic E-state index is -1.29. The molecule has 7 heterocycles. The van der Waals surface area contributed by atoms with Gasteiger partial charge in [0, 0.05) is 91.5 Å². The van der Waals surface area contributed by atoms with Crippen LogP contribution in [0.25, 0.3) is 22.8 Å². The van der Waals surface area contributed by atoms with Crippen LogP contribution in [0.4, 0.5) is 29.2 Å². The third kappa shape index (κ3) is 13.5. The van der Waals surface area contributed by atoms with Crippen molar-refractivity contribution >= 4 is 50.2 Å². The molecular formula is C43H50ClF4N12NaO8S2. The fourth-order valence-corrected chi connectivity index (χ4v) is 8.62. The van der Waals surface area contributed by atoms with E-state index in [4.69, 9.17) is 25.8 Å². The van der Waals surface area contributed by atoms with Crippen LogP contribution < -0.4 is 43.8 Å². The molecule has 28 heteroatoms. The van der Waals surface area contributed by atoms with E-state index in [0.29, 0.717) is 69.2 Å². The van der Waals surface area contributed by atoms with Gasteiger partial charge in [0.1, 0.15) is 41.3 Å². The normalized spacial score (nSPS) is 16.6. The Hall–Kier alpha value is -5.19. The zero-order valence-electron chi connectivity index (χ0n) is 39.3. The third-order valence-corrected chi connectivity index (χ3v) is 11.4. The van der Waals surface area contributed by atoms with Gasteiger partial charge in [-0.2, -0.15) is 37.0 Å². The van der Waals surface area contributed by atoms with Crippen molar-refractivity contribution < 1.29 is 77.7 Å². The van der Waals surface area contributed by atoms with E-state index in [1.54, 1.807) is 11.5 Å². The van der Waals surface area contributed by atoms with Crippen LogP contribution in [0.15, 0.2) is 48.8 Å². The summed E-state index contributed by atoms with van der Waals surface area (Å²) in [4.78, 5) is 50.1. The molecular weight excluding hydrogens is 1010 g/mol. The van der Waals surface area contributed by atoms with Crippen LogP contribution in [0.2, 0.25) is 5.28 Å². The molecule has 9 rings (SSSR count). The van der Waals surface area contributed by atoms with E-state index in [1.807, 2.05) is 11.8 Å². The van der Waals surface area contributed by atoms with E-state index in [-0.39, 0.29) is 124 Å². The number of aromatic nitrogens is 8. The van der Waals surface area contributed by atoms with Crippen molar-refractivity contribution in [3.8, 4) is 40.5 Å². The summed E-state index contributed by atoms with van der Waals surface area (Å²) in [5, 5.41) is 32.7. The van der Waals surface area contributed by atoms with Gasteiger partial charge in [0.15, 0.2) is 11.6 Å². The molecule has 4 aromatic heterocycles. The van der Waals surface area contributed by atoms with Crippen LogP contribution in [0.5, 0.6) is 17.8 Å². The summed E-state index contributed by atoms with van der Waals surface area (Å²) in [5.41, 5.74) is 1.52. The predicted molar refractivity (Wildman–Crippen MR) is 257 cm³/mol. The van der Waals surface area contributed by atoms with Gasteiger partial charge in [0.2, 0.25) is 11.8 Å². The number of aliphatic hydroxyl groups is 1. The van der Waals surface area contributed by atoms with E-state index in [0.717, 1.165) is 35.5 Å². The molecule has 2 atom stereocenters. The fraction of sp³-hybridized carbons (Fsp3) is 0.395. The summed E-state index contributed by atoms with van der Waals surface area (Å²) in [5.74, 6) is -2.51. The molecule has 0 radical (unpaired) electrons. The predicted octanol–water partition coefficient (Wildman–Crippen LogP) is 3.72. The maximum absolute atomic E-state index is 13.7. The zero-order chi connectivity index (χ0) is 47.9. The fourth-order valence-electron chi connectivity index (χ4n) is 8.43. The molecule has 0 bridgehead atoms. The van der Waals surface area contributed by atoms with Crippen LogP contribution >= 0.6 is 38.6 Å². The van der Waals surface area contributed by atoms with Crippen molar-refractivity contribution in [2.45, 2.75) is 71.5 Å². The van der Waals surface area contributed by atoms with Gasteiger partial charge in [0.05, 0.1) is 44.3 Å². The number of methoxy groups -OCH3 is 2. The summed E-state index contributed by atoms with van der Waals surface area (Å²) in [6, 6.07) is 6.49. The quantitative estimate of drug-likeness (QED) is 0.0797. The number of benzene rings is 2. The van der Waals surface area contributed by atoms with Gasteiger partial charge < -0.3 is 41.0 Å². The molecule has 0 saturated heterocycles. The molecule has 2 aromatic carbocycles. The summed E-state index contributed by atoms with van der Waals surface area (Å²) >= 11 is 5.97. The number of imidazole rings is 2. The molecule has 20 nitrogen and oxygen atoms in total. The summed E-state index contributed by atoms with van der Waals surface area (Å²) in [7, 11) is 2.94. The third-order valence-electron chi connectivity index (χ3n) is 11.1. The smallest absolute Gasteiger partial charge is 1.00 e. The molecule has 0 amide bonds. The van der Waals surface area contributed by atoms with Crippen molar-refractivity contribution in [3.05, 3.63) is 120 Å². The zero-order valence-corrected chi connectivity index (χ0v) is 43.0. The molecule has 3 aliphatic rings. The number of nitrogens with zero attached hydrogens (tertiary/aromatic N) is 12. The SMILES string of the molecule is C.COc1nc(-c2cc(F)cc(F)c2)nc2c1CN(C[C@@]1(C)Cn3cc([N+](=O)[O-])nc3O1)CC2.COc1nc(-c2cc(F)cc(F)c2)nc2c1CN(C[C@](C)(O)Cn1cc([N+](=O)[O-])nc1Cl)CC2.S.S.[H-].[Na+]. The number of β-amino-alcohol motifs (C(OH)–C–C–N with tert-alkyl or cyclic N) is 1. The Balaban J connectivity index is 0.000000356. The Bertz CT molecular complexity index is 2830. The van der Waals surface area contributed by atoms with Crippen molar-refractivity contribution in [3.63, 3.8) is 0 Å². The topological polar surface area (TPSA) is 228 Å².